The Morgan fingerprint density at radius 3 is 2.79 bits per heavy atom. The van der Waals surface area contributed by atoms with E-state index in [0.717, 1.165) is 41.0 Å². The molecule has 0 saturated carbocycles. The number of amides is 1. The Bertz CT molecular complexity index is 1120. The number of fused-ring (bicyclic) bond motifs is 2. The zero-order chi connectivity index (χ0) is 18.9. The highest BCUT2D eigenvalue weighted by Crippen LogP contribution is 2.36. The Morgan fingerprint density at radius 2 is 1.89 bits per heavy atom. The third-order valence-electron chi connectivity index (χ3n) is 5.34. The summed E-state index contributed by atoms with van der Waals surface area (Å²) in [6.07, 6.45) is 2.16. The Labute approximate surface area is 167 Å². The summed E-state index contributed by atoms with van der Waals surface area (Å²) in [6, 6.07) is 22.7. The highest BCUT2D eigenvalue weighted by molar-refractivity contribution is 7.18. The van der Waals surface area contributed by atoms with Crippen LogP contribution in [0.4, 0.5) is 5.69 Å². The molecule has 1 N–H and O–H groups in total. The normalized spacial score (nSPS) is 17.4. The first-order valence-electron chi connectivity index (χ1n) is 9.64. The predicted octanol–water partition coefficient (Wildman–Crippen LogP) is 5.23. The van der Waals surface area contributed by atoms with Gasteiger partial charge in [0.15, 0.2) is 0 Å². The third kappa shape index (κ3) is 3.39. The van der Waals surface area contributed by atoms with E-state index in [0.29, 0.717) is 6.54 Å². The first kappa shape index (κ1) is 17.3. The number of hydrogen-bond acceptors (Lipinski definition) is 4. The molecule has 1 aromatic heterocycles. The van der Waals surface area contributed by atoms with Gasteiger partial charge in [0, 0.05) is 5.69 Å². The van der Waals surface area contributed by atoms with Crippen LogP contribution < -0.4 is 5.32 Å². The number of thiazole rings is 1. The van der Waals surface area contributed by atoms with Gasteiger partial charge < -0.3 is 5.32 Å². The van der Waals surface area contributed by atoms with Crippen molar-refractivity contribution in [2.24, 2.45) is 0 Å². The Hall–Kier alpha value is -2.76. The van der Waals surface area contributed by atoms with Crippen molar-refractivity contribution < 1.29 is 4.79 Å². The molecule has 2 heterocycles. The Balaban J connectivity index is 1.30. The summed E-state index contributed by atoms with van der Waals surface area (Å²) in [5.74, 6) is 0.0308. The molecular formula is C23H21N3OS. The van der Waals surface area contributed by atoms with Gasteiger partial charge >= 0.3 is 0 Å². The number of carbonyl (C=O) groups is 1. The van der Waals surface area contributed by atoms with E-state index in [1.54, 1.807) is 11.3 Å². The summed E-state index contributed by atoms with van der Waals surface area (Å²) < 4.78 is 1.21. The molecule has 1 amide bonds. The molecule has 1 atom stereocenters. The number of nitrogens with one attached hydrogen (secondary N) is 1. The number of likely N-dealkylation sites (tertiary alicyclic amines) is 1. The number of carbonyl (C=O) groups excluding carboxylic acids is 1. The van der Waals surface area contributed by atoms with Crippen LogP contribution in [-0.4, -0.2) is 28.9 Å². The van der Waals surface area contributed by atoms with Crippen molar-refractivity contribution in [3.8, 4) is 0 Å². The number of para-hydroxylation sites is 1. The van der Waals surface area contributed by atoms with E-state index in [1.807, 2.05) is 42.5 Å². The average Bonchev–Trinajstić information content (AvgIpc) is 3.34. The molecule has 140 valence electrons. The largest absolute Gasteiger partial charge is 0.325 e. The van der Waals surface area contributed by atoms with Crippen LogP contribution in [-0.2, 0) is 4.79 Å². The van der Waals surface area contributed by atoms with E-state index in [4.69, 9.17) is 4.98 Å². The minimum Gasteiger partial charge on any atom is -0.325 e. The average molecular weight is 388 g/mol. The number of aromatic nitrogens is 1. The second-order valence-corrected chi connectivity index (χ2v) is 8.32. The second kappa shape index (κ2) is 7.34. The molecular weight excluding hydrogens is 366 g/mol. The second-order valence-electron chi connectivity index (χ2n) is 7.26. The smallest absolute Gasteiger partial charge is 0.238 e. The van der Waals surface area contributed by atoms with Crippen molar-refractivity contribution >= 4 is 43.9 Å². The lowest BCUT2D eigenvalue weighted by molar-refractivity contribution is -0.117. The summed E-state index contributed by atoms with van der Waals surface area (Å²) in [6.45, 7) is 1.33. The summed E-state index contributed by atoms with van der Waals surface area (Å²) >= 11 is 1.75. The Kier molecular flexibility index (Phi) is 4.55. The minimum absolute atomic E-state index is 0.0308. The highest BCUT2D eigenvalue weighted by Gasteiger charge is 2.30. The van der Waals surface area contributed by atoms with Gasteiger partial charge in [-0.15, -0.1) is 11.3 Å². The lowest BCUT2D eigenvalue weighted by Crippen LogP contribution is -2.32. The molecule has 1 fully saturated rings. The minimum atomic E-state index is 0.0308. The van der Waals surface area contributed by atoms with Crippen LogP contribution in [0.1, 0.15) is 23.9 Å². The number of benzene rings is 3. The molecule has 0 radical (unpaired) electrons. The molecule has 28 heavy (non-hydrogen) atoms. The molecule has 4 aromatic rings. The molecule has 1 aliphatic rings. The molecule has 1 saturated heterocycles. The molecule has 0 bridgehead atoms. The molecule has 1 aliphatic heterocycles. The van der Waals surface area contributed by atoms with Crippen molar-refractivity contribution in [2.45, 2.75) is 18.9 Å². The SMILES string of the molecule is O=C(CN1CCCC1c1nc2ccccc2s1)Nc1ccc2ccccc2c1. The fourth-order valence-electron chi connectivity index (χ4n) is 3.98. The summed E-state index contributed by atoms with van der Waals surface area (Å²) in [4.78, 5) is 19.8. The summed E-state index contributed by atoms with van der Waals surface area (Å²) in [5, 5.41) is 6.49. The van der Waals surface area contributed by atoms with E-state index in [1.165, 1.54) is 10.1 Å². The van der Waals surface area contributed by atoms with Crippen LogP contribution in [0.2, 0.25) is 0 Å². The van der Waals surface area contributed by atoms with Gasteiger partial charge in [0.05, 0.1) is 22.8 Å². The Morgan fingerprint density at radius 1 is 1.07 bits per heavy atom. The van der Waals surface area contributed by atoms with Gasteiger partial charge in [0.25, 0.3) is 0 Å². The van der Waals surface area contributed by atoms with Crippen LogP contribution in [0.25, 0.3) is 21.0 Å². The van der Waals surface area contributed by atoms with E-state index >= 15 is 0 Å². The van der Waals surface area contributed by atoms with Gasteiger partial charge in [-0.25, -0.2) is 4.98 Å². The first-order chi connectivity index (χ1) is 13.8. The summed E-state index contributed by atoms with van der Waals surface area (Å²) in [5.41, 5.74) is 1.90. The maximum atomic E-state index is 12.7. The van der Waals surface area contributed by atoms with Crippen molar-refractivity contribution in [1.29, 1.82) is 0 Å². The van der Waals surface area contributed by atoms with Crippen molar-refractivity contribution in [2.75, 3.05) is 18.4 Å². The van der Waals surface area contributed by atoms with Gasteiger partial charge in [-0.05, 0) is 54.4 Å². The molecule has 4 nitrogen and oxygen atoms in total. The van der Waals surface area contributed by atoms with Crippen LogP contribution in [0, 0.1) is 0 Å². The van der Waals surface area contributed by atoms with E-state index in [2.05, 4.69) is 34.5 Å². The third-order valence-corrected chi connectivity index (χ3v) is 6.48. The number of nitrogens with zero attached hydrogens (tertiary/aromatic N) is 2. The standard InChI is InChI=1S/C23H21N3OS/c27-22(24-18-12-11-16-6-1-2-7-17(16)14-18)15-26-13-5-9-20(26)23-25-19-8-3-4-10-21(19)28-23/h1-4,6-8,10-12,14,20H,5,9,13,15H2,(H,24,27). The summed E-state index contributed by atoms with van der Waals surface area (Å²) in [7, 11) is 0. The topological polar surface area (TPSA) is 45.2 Å². The number of rotatable bonds is 4. The fourth-order valence-corrected chi connectivity index (χ4v) is 5.12. The molecule has 5 rings (SSSR count). The lowest BCUT2D eigenvalue weighted by Gasteiger charge is -2.22. The quantitative estimate of drug-likeness (QED) is 0.522. The van der Waals surface area contributed by atoms with Crippen molar-refractivity contribution in [3.05, 3.63) is 71.7 Å². The zero-order valence-electron chi connectivity index (χ0n) is 15.5. The molecule has 5 heteroatoms. The van der Waals surface area contributed by atoms with Gasteiger partial charge in [-0.1, -0.05) is 42.5 Å². The maximum Gasteiger partial charge on any atom is 0.238 e. The van der Waals surface area contributed by atoms with Crippen LogP contribution >= 0.6 is 11.3 Å². The first-order valence-corrected chi connectivity index (χ1v) is 10.5. The van der Waals surface area contributed by atoms with Gasteiger partial charge in [-0.2, -0.15) is 0 Å². The van der Waals surface area contributed by atoms with E-state index in [-0.39, 0.29) is 11.9 Å². The molecule has 0 aliphatic carbocycles. The van der Waals surface area contributed by atoms with Crippen LogP contribution in [0.5, 0.6) is 0 Å². The predicted molar refractivity (Wildman–Crippen MR) is 116 cm³/mol. The fraction of sp³-hybridized carbons (Fsp3) is 0.217. The van der Waals surface area contributed by atoms with E-state index < -0.39 is 0 Å². The molecule has 1 unspecified atom stereocenters. The van der Waals surface area contributed by atoms with Gasteiger partial charge in [0.2, 0.25) is 5.91 Å². The zero-order valence-corrected chi connectivity index (χ0v) is 16.3. The van der Waals surface area contributed by atoms with Gasteiger partial charge in [-0.3, -0.25) is 9.69 Å². The van der Waals surface area contributed by atoms with Crippen LogP contribution in [0.15, 0.2) is 66.7 Å². The monoisotopic (exact) mass is 387 g/mol. The molecule has 0 spiro atoms. The highest BCUT2D eigenvalue weighted by atomic mass is 32.1. The number of anilines is 1. The lowest BCUT2D eigenvalue weighted by atomic mass is 10.1. The van der Waals surface area contributed by atoms with Crippen LogP contribution in [0.3, 0.4) is 0 Å². The number of hydrogen-bond donors (Lipinski definition) is 1. The van der Waals surface area contributed by atoms with E-state index in [9.17, 15) is 4.79 Å². The van der Waals surface area contributed by atoms with Crippen molar-refractivity contribution in [1.82, 2.24) is 9.88 Å². The van der Waals surface area contributed by atoms with Crippen molar-refractivity contribution in [3.63, 3.8) is 0 Å². The molecule has 3 aromatic carbocycles. The maximum absolute atomic E-state index is 12.7. The van der Waals surface area contributed by atoms with Gasteiger partial charge in [0.1, 0.15) is 5.01 Å².